The minimum atomic E-state index is -1.27. The molecule has 0 atom stereocenters. The zero-order valence-corrected chi connectivity index (χ0v) is 8.87. The van der Waals surface area contributed by atoms with Gasteiger partial charge in [0.15, 0.2) is 8.32 Å². The molecule has 1 nitrogen and oxygen atoms in total. The van der Waals surface area contributed by atoms with E-state index in [1.54, 1.807) is 0 Å². The second-order valence-electron chi connectivity index (χ2n) is 3.00. The molecule has 0 unspecified atom stereocenters. The highest BCUT2D eigenvalue weighted by molar-refractivity contribution is 6.71. The Bertz CT molecular complexity index is 85.7. The van der Waals surface area contributed by atoms with Crippen LogP contribution in [-0.4, -0.2) is 20.8 Å². The van der Waals surface area contributed by atoms with Crippen LogP contribution < -0.4 is 0 Å². The van der Waals surface area contributed by atoms with Gasteiger partial charge in [0, 0.05) is 12.5 Å². The van der Waals surface area contributed by atoms with E-state index in [4.69, 9.17) is 16.0 Å². The van der Waals surface area contributed by atoms with E-state index < -0.39 is 8.32 Å². The van der Waals surface area contributed by atoms with E-state index in [9.17, 15) is 0 Å². The Hall–Kier alpha value is 0.467. The lowest BCUT2D eigenvalue weighted by atomic mass is 10.5. The topological polar surface area (TPSA) is 9.23 Å². The maximum Gasteiger partial charge on any atom is 0.186 e. The third-order valence-electron chi connectivity index (χ3n) is 1.62. The van der Waals surface area contributed by atoms with Crippen molar-refractivity contribution in [2.75, 3.05) is 12.5 Å². The minimum absolute atomic E-state index is 0.716. The van der Waals surface area contributed by atoms with Crippen LogP contribution >= 0.6 is 11.6 Å². The van der Waals surface area contributed by atoms with Gasteiger partial charge in [-0.05, 0) is 25.6 Å². The van der Waals surface area contributed by atoms with E-state index in [1.807, 2.05) is 0 Å². The van der Waals surface area contributed by atoms with Gasteiger partial charge in [0.05, 0.1) is 0 Å². The molecule has 0 saturated heterocycles. The lowest BCUT2D eigenvalue weighted by molar-refractivity contribution is 0.308. The third-order valence-corrected chi connectivity index (χ3v) is 4.58. The first-order valence-corrected chi connectivity index (χ1v) is 7.47. The van der Waals surface area contributed by atoms with Gasteiger partial charge >= 0.3 is 0 Å². The van der Waals surface area contributed by atoms with Crippen LogP contribution in [0.1, 0.15) is 13.3 Å². The second kappa shape index (κ2) is 5.16. The number of hydrogen-bond acceptors (Lipinski definition) is 1. The fraction of sp³-hybridized carbons (Fsp3) is 1.00. The molecule has 0 aromatic rings. The van der Waals surface area contributed by atoms with E-state index in [0.717, 1.165) is 13.0 Å². The molecule has 10 heavy (non-hydrogen) atoms. The lowest BCUT2D eigenvalue weighted by Crippen LogP contribution is -2.29. The monoisotopic (exact) mass is 180 g/mol. The van der Waals surface area contributed by atoms with E-state index >= 15 is 0 Å². The summed E-state index contributed by atoms with van der Waals surface area (Å²) >= 11 is 5.51. The van der Waals surface area contributed by atoms with Gasteiger partial charge in [-0.15, -0.1) is 11.6 Å². The fourth-order valence-corrected chi connectivity index (χ4v) is 1.52. The molecule has 0 aliphatic rings. The molecule has 0 bridgehead atoms. The van der Waals surface area contributed by atoms with Crippen LogP contribution in [0.5, 0.6) is 0 Å². The summed E-state index contributed by atoms with van der Waals surface area (Å²) in [6.45, 7) is 7.51. The van der Waals surface area contributed by atoms with Crippen molar-refractivity contribution in [3.63, 3.8) is 0 Å². The summed E-state index contributed by atoms with van der Waals surface area (Å²) < 4.78 is 5.67. The molecule has 0 radical (unpaired) electrons. The summed E-state index contributed by atoms with van der Waals surface area (Å²) in [5.74, 6) is 0.716. The maximum atomic E-state index is 5.67. The van der Waals surface area contributed by atoms with Crippen molar-refractivity contribution in [1.82, 2.24) is 0 Å². The van der Waals surface area contributed by atoms with E-state index in [-0.39, 0.29) is 0 Å². The molecule has 0 heterocycles. The maximum absolute atomic E-state index is 5.67. The molecule has 0 spiro atoms. The van der Waals surface area contributed by atoms with Crippen LogP contribution in [0.15, 0.2) is 0 Å². The Labute approximate surface area is 69.9 Å². The highest BCUT2D eigenvalue weighted by Crippen LogP contribution is 2.09. The molecule has 62 valence electrons. The molecular weight excluding hydrogens is 164 g/mol. The van der Waals surface area contributed by atoms with Crippen molar-refractivity contribution in [1.29, 1.82) is 0 Å². The molecule has 0 fully saturated rings. The summed E-state index contributed by atoms with van der Waals surface area (Å²) in [6.07, 6.45) is 0.984. The molecule has 0 aliphatic heterocycles. The van der Waals surface area contributed by atoms with Crippen LogP contribution in [-0.2, 0) is 4.43 Å². The van der Waals surface area contributed by atoms with Crippen molar-refractivity contribution in [2.24, 2.45) is 0 Å². The molecule has 0 amide bonds. The Morgan fingerprint density at radius 3 is 2.40 bits per heavy atom. The first-order chi connectivity index (χ1) is 4.62. The normalized spacial score (nSPS) is 12.0. The van der Waals surface area contributed by atoms with Crippen molar-refractivity contribution < 1.29 is 4.43 Å². The van der Waals surface area contributed by atoms with E-state index in [0.29, 0.717) is 5.88 Å². The Morgan fingerprint density at radius 2 is 2.00 bits per heavy atom. The molecule has 0 rings (SSSR count). The summed E-state index contributed by atoms with van der Waals surface area (Å²) in [5.41, 5.74) is 0. The van der Waals surface area contributed by atoms with Crippen LogP contribution in [0.25, 0.3) is 0 Å². The first kappa shape index (κ1) is 10.5. The van der Waals surface area contributed by atoms with Crippen LogP contribution in [0.2, 0.25) is 19.1 Å². The van der Waals surface area contributed by atoms with Gasteiger partial charge in [-0.25, -0.2) is 0 Å². The molecular formula is C7H17ClOSi. The molecule has 3 heteroatoms. The highest BCUT2D eigenvalue weighted by atomic mass is 35.5. The van der Waals surface area contributed by atoms with Gasteiger partial charge in [-0.3, -0.25) is 0 Å². The highest BCUT2D eigenvalue weighted by Gasteiger charge is 2.18. The van der Waals surface area contributed by atoms with Gasteiger partial charge < -0.3 is 4.43 Å². The molecule has 0 aromatic heterocycles. The number of alkyl halides is 1. The molecule has 0 N–H and O–H groups in total. The quantitative estimate of drug-likeness (QED) is 0.359. The van der Waals surface area contributed by atoms with Crippen LogP contribution in [0.4, 0.5) is 0 Å². The third kappa shape index (κ3) is 5.27. The van der Waals surface area contributed by atoms with Gasteiger partial charge in [0.25, 0.3) is 0 Å². The summed E-state index contributed by atoms with van der Waals surface area (Å²) in [4.78, 5) is 0. The van der Waals surface area contributed by atoms with Gasteiger partial charge in [-0.2, -0.15) is 0 Å². The lowest BCUT2D eigenvalue weighted by Gasteiger charge is -2.20. The largest absolute Gasteiger partial charge is 0.417 e. The van der Waals surface area contributed by atoms with Crippen molar-refractivity contribution >= 4 is 19.9 Å². The summed E-state index contributed by atoms with van der Waals surface area (Å²) in [6, 6.07) is 1.19. The number of hydrogen-bond donors (Lipinski definition) is 0. The average molecular weight is 181 g/mol. The summed E-state index contributed by atoms with van der Waals surface area (Å²) in [7, 11) is -1.27. The van der Waals surface area contributed by atoms with Gasteiger partial charge in [0.2, 0.25) is 0 Å². The predicted octanol–water partition coefficient (Wildman–Crippen LogP) is 2.86. The Balaban J connectivity index is 3.28. The van der Waals surface area contributed by atoms with Gasteiger partial charge in [-0.1, -0.05) is 6.92 Å². The zero-order valence-electron chi connectivity index (χ0n) is 7.11. The Morgan fingerprint density at radius 1 is 1.40 bits per heavy atom. The summed E-state index contributed by atoms with van der Waals surface area (Å²) in [5, 5.41) is 0. The number of rotatable bonds is 5. The Kier molecular flexibility index (Phi) is 5.40. The molecule has 0 aliphatic carbocycles. The standard InChI is InChI=1S/C7H17ClOSi/c1-4-10(2,3)9-7-5-6-8/h4-7H2,1-3H3. The fourth-order valence-electron chi connectivity index (χ4n) is 0.505. The average Bonchev–Trinajstić information content (AvgIpc) is 1.89. The minimum Gasteiger partial charge on any atom is -0.417 e. The molecule has 0 aromatic carbocycles. The van der Waals surface area contributed by atoms with Crippen molar-refractivity contribution in [3.8, 4) is 0 Å². The number of halogens is 1. The molecule has 0 saturated carbocycles. The van der Waals surface area contributed by atoms with E-state index in [2.05, 4.69) is 20.0 Å². The predicted molar refractivity (Wildman–Crippen MR) is 49.3 cm³/mol. The zero-order chi connectivity index (χ0) is 8.04. The van der Waals surface area contributed by atoms with Crippen LogP contribution in [0.3, 0.4) is 0 Å². The SMILES string of the molecule is CC[Si](C)(C)OCCCCl. The second-order valence-corrected chi connectivity index (χ2v) is 7.90. The smallest absolute Gasteiger partial charge is 0.186 e. The van der Waals surface area contributed by atoms with Gasteiger partial charge in [0.1, 0.15) is 0 Å². The van der Waals surface area contributed by atoms with E-state index in [1.165, 1.54) is 6.04 Å². The van der Waals surface area contributed by atoms with Crippen molar-refractivity contribution in [3.05, 3.63) is 0 Å². The first-order valence-electron chi connectivity index (χ1n) is 3.82. The van der Waals surface area contributed by atoms with Crippen LogP contribution in [0, 0.1) is 0 Å². The van der Waals surface area contributed by atoms with Crippen molar-refractivity contribution in [2.45, 2.75) is 32.5 Å².